The lowest BCUT2D eigenvalue weighted by Crippen LogP contribution is -2.37. The highest BCUT2D eigenvalue weighted by molar-refractivity contribution is 7.57. The summed E-state index contributed by atoms with van der Waals surface area (Å²) in [6, 6.07) is 7.60. The third kappa shape index (κ3) is 7.04. The van der Waals surface area contributed by atoms with Crippen LogP contribution in [0.15, 0.2) is 43.0 Å². The maximum Gasteiger partial charge on any atom is 0.395 e. The van der Waals surface area contributed by atoms with E-state index in [0.717, 1.165) is 6.33 Å². The number of hydrogen-bond donors (Lipinski definition) is 1. The van der Waals surface area contributed by atoms with Crippen molar-refractivity contribution in [2.45, 2.75) is 52.5 Å². The predicted molar refractivity (Wildman–Crippen MR) is 126 cm³/mol. The van der Waals surface area contributed by atoms with E-state index in [-0.39, 0.29) is 30.2 Å². The molecule has 2 aromatic heterocycles. The molecule has 3 atom stereocenters. The number of carbonyl (C=O) groups excluding carboxylic acids is 1. The van der Waals surface area contributed by atoms with E-state index < -0.39 is 36.4 Å². The number of hydrogen-bond acceptors (Lipinski definition) is 10. The monoisotopic (exact) mass is 506 g/mol. The van der Waals surface area contributed by atoms with Crippen molar-refractivity contribution in [3.8, 4) is 5.75 Å². The number of carbonyl (C=O) groups is 1. The summed E-state index contributed by atoms with van der Waals surface area (Å²) in [7, 11) is -3.72. The fraction of sp³-hybridized carbons (Fsp3) is 0.429. The Morgan fingerprint density at radius 2 is 1.89 bits per heavy atom. The minimum absolute atomic E-state index is 0.0574. The van der Waals surface area contributed by atoms with E-state index >= 15 is 0 Å². The first-order chi connectivity index (χ1) is 16.6. The van der Waals surface area contributed by atoms with Gasteiger partial charge in [-0.25, -0.2) is 10.1 Å². The summed E-state index contributed by atoms with van der Waals surface area (Å²) in [4.78, 5) is 34.6. The van der Waals surface area contributed by atoms with E-state index in [1.165, 1.54) is 13.3 Å². The SMILES string of the molecule is CC(C)OC(=O)[C@@H](C)N[P@](=O)(CO[C@H](C)Cn1cnc2c([N+](=O)[O-])ncnc21)Oc1ccccc1. The van der Waals surface area contributed by atoms with Crippen LogP contribution in [-0.4, -0.2) is 55.0 Å². The maximum atomic E-state index is 13.6. The zero-order valence-corrected chi connectivity index (χ0v) is 20.6. The molecule has 0 saturated heterocycles. The van der Waals surface area contributed by atoms with E-state index in [4.69, 9.17) is 14.0 Å². The van der Waals surface area contributed by atoms with E-state index in [0.29, 0.717) is 5.75 Å². The maximum absolute atomic E-state index is 13.6. The van der Waals surface area contributed by atoms with Gasteiger partial charge < -0.3 is 28.7 Å². The second-order valence-electron chi connectivity index (χ2n) is 8.04. The second-order valence-corrected chi connectivity index (χ2v) is 10.1. The lowest BCUT2D eigenvalue weighted by molar-refractivity contribution is -0.387. The molecule has 0 bridgehead atoms. The van der Waals surface area contributed by atoms with Gasteiger partial charge in [-0.1, -0.05) is 18.2 Å². The number of nitrogens with zero attached hydrogens (tertiary/aromatic N) is 5. The fourth-order valence-electron chi connectivity index (χ4n) is 3.11. The Labute approximate surface area is 201 Å². The number of aromatic nitrogens is 4. The van der Waals surface area contributed by atoms with Gasteiger partial charge in [-0.05, 0) is 49.7 Å². The third-order valence-corrected chi connectivity index (χ3v) is 6.40. The number of benzene rings is 1. The van der Waals surface area contributed by atoms with Crippen LogP contribution in [0.1, 0.15) is 27.7 Å². The quantitative estimate of drug-likeness (QED) is 0.166. The minimum Gasteiger partial charge on any atom is -0.462 e. The van der Waals surface area contributed by atoms with Crippen molar-refractivity contribution in [2.75, 3.05) is 6.35 Å². The summed E-state index contributed by atoms with van der Waals surface area (Å²) in [5, 5.41) is 13.9. The highest BCUT2D eigenvalue weighted by Gasteiger charge is 2.32. The van der Waals surface area contributed by atoms with Crippen molar-refractivity contribution in [2.24, 2.45) is 0 Å². The Hall–Kier alpha value is -3.41. The molecule has 35 heavy (non-hydrogen) atoms. The second kappa shape index (κ2) is 11.3. The van der Waals surface area contributed by atoms with Gasteiger partial charge in [0.05, 0.1) is 25.1 Å². The standard InChI is InChI=1S/C21H27N6O7P/c1-14(2)33-21(28)16(4)25-35(31,34-17-8-6-5-7-9-17)13-32-15(3)10-26-12-24-18-19(26)22-11-23-20(18)27(29)30/h5-9,11-12,14-16H,10,13H2,1-4H3,(H,25,31)/t15-,16-,35+/m1/s1. The lowest BCUT2D eigenvalue weighted by atomic mass is 10.3. The molecule has 2 heterocycles. The number of esters is 1. The van der Waals surface area contributed by atoms with Gasteiger partial charge in [0.1, 0.15) is 18.1 Å². The molecule has 0 aliphatic heterocycles. The highest BCUT2D eigenvalue weighted by Crippen LogP contribution is 2.44. The first-order valence-corrected chi connectivity index (χ1v) is 12.6. The summed E-state index contributed by atoms with van der Waals surface area (Å²) in [6.45, 7) is 6.90. The molecule has 0 unspecified atom stereocenters. The van der Waals surface area contributed by atoms with Gasteiger partial charge in [-0.2, -0.15) is 4.98 Å². The zero-order valence-electron chi connectivity index (χ0n) is 19.7. The van der Waals surface area contributed by atoms with Crippen molar-refractivity contribution in [3.63, 3.8) is 0 Å². The minimum atomic E-state index is -3.72. The first kappa shape index (κ1) is 26.2. The molecule has 0 amide bonds. The molecule has 14 heteroatoms. The van der Waals surface area contributed by atoms with Gasteiger partial charge >= 0.3 is 19.3 Å². The van der Waals surface area contributed by atoms with Crippen molar-refractivity contribution < 1.29 is 28.3 Å². The Balaban J connectivity index is 1.72. The smallest absolute Gasteiger partial charge is 0.395 e. The Kier molecular flexibility index (Phi) is 8.49. The van der Waals surface area contributed by atoms with Gasteiger partial charge in [0.2, 0.25) is 11.8 Å². The molecule has 0 radical (unpaired) electrons. The number of ether oxygens (including phenoxy) is 2. The number of imidazole rings is 1. The van der Waals surface area contributed by atoms with Gasteiger partial charge in [0.25, 0.3) is 0 Å². The van der Waals surface area contributed by atoms with Crippen molar-refractivity contribution in [1.82, 2.24) is 24.6 Å². The number of nitro groups is 1. The molecule has 0 aliphatic carbocycles. The molecule has 0 fully saturated rings. The van der Waals surface area contributed by atoms with E-state index in [1.807, 2.05) is 0 Å². The van der Waals surface area contributed by atoms with Crippen LogP contribution in [0.25, 0.3) is 11.2 Å². The normalized spacial score (nSPS) is 14.9. The molecule has 188 valence electrons. The molecule has 3 aromatic rings. The summed E-state index contributed by atoms with van der Waals surface area (Å²) in [5.74, 6) is -0.626. The number of fused-ring (bicyclic) bond motifs is 1. The highest BCUT2D eigenvalue weighted by atomic mass is 31.2. The molecular formula is C21H27N6O7P. The van der Waals surface area contributed by atoms with Crippen LogP contribution in [0, 0.1) is 10.1 Å². The van der Waals surface area contributed by atoms with Crippen molar-refractivity contribution >= 4 is 30.5 Å². The van der Waals surface area contributed by atoms with E-state index in [1.54, 1.807) is 55.7 Å². The third-order valence-electron chi connectivity index (χ3n) is 4.63. The fourth-order valence-corrected chi connectivity index (χ4v) is 4.90. The number of para-hydroxylation sites is 1. The molecule has 0 saturated carbocycles. The van der Waals surface area contributed by atoms with Crippen LogP contribution < -0.4 is 9.61 Å². The Morgan fingerprint density at radius 3 is 2.54 bits per heavy atom. The molecule has 13 nitrogen and oxygen atoms in total. The van der Waals surface area contributed by atoms with Gasteiger partial charge in [0, 0.05) is 0 Å². The van der Waals surface area contributed by atoms with E-state index in [9.17, 15) is 19.5 Å². The van der Waals surface area contributed by atoms with Crippen molar-refractivity contribution in [1.29, 1.82) is 0 Å². The van der Waals surface area contributed by atoms with Crippen molar-refractivity contribution in [3.05, 3.63) is 53.1 Å². The summed E-state index contributed by atoms with van der Waals surface area (Å²) >= 11 is 0. The Morgan fingerprint density at radius 1 is 1.17 bits per heavy atom. The average Bonchev–Trinajstić information content (AvgIpc) is 3.20. The summed E-state index contributed by atoms with van der Waals surface area (Å²) in [6.07, 6.45) is 1.28. The van der Waals surface area contributed by atoms with Crippen LogP contribution in [0.2, 0.25) is 0 Å². The summed E-state index contributed by atoms with van der Waals surface area (Å²) < 4.78 is 31.9. The van der Waals surface area contributed by atoms with Gasteiger partial charge in [-0.15, -0.1) is 0 Å². The topological polar surface area (TPSA) is 161 Å². The number of nitrogens with one attached hydrogen (secondary N) is 1. The van der Waals surface area contributed by atoms with E-state index in [2.05, 4.69) is 20.0 Å². The van der Waals surface area contributed by atoms with Crippen LogP contribution in [0.5, 0.6) is 5.75 Å². The lowest BCUT2D eigenvalue weighted by Gasteiger charge is -2.25. The van der Waals surface area contributed by atoms with Gasteiger partial charge in [0.15, 0.2) is 5.65 Å². The summed E-state index contributed by atoms with van der Waals surface area (Å²) in [5.41, 5.74) is 0.330. The largest absolute Gasteiger partial charge is 0.462 e. The van der Waals surface area contributed by atoms with Crippen LogP contribution in [0.4, 0.5) is 5.82 Å². The zero-order chi connectivity index (χ0) is 25.6. The molecule has 3 rings (SSSR count). The molecule has 0 aliphatic rings. The average molecular weight is 506 g/mol. The van der Waals surface area contributed by atoms with Crippen LogP contribution in [-0.2, 0) is 25.4 Å². The Bertz CT molecular complexity index is 1220. The number of rotatable bonds is 12. The molecular weight excluding hydrogens is 479 g/mol. The van der Waals surface area contributed by atoms with Crippen LogP contribution >= 0.6 is 7.52 Å². The van der Waals surface area contributed by atoms with Crippen LogP contribution in [0.3, 0.4) is 0 Å². The molecule has 1 aromatic carbocycles. The predicted octanol–water partition coefficient (Wildman–Crippen LogP) is 3.30. The first-order valence-electron chi connectivity index (χ1n) is 10.8. The van der Waals surface area contributed by atoms with Gasteiger partial charge in [-0.3, -0.25) is 9.36 Å². The molecule has 1 N–H and O–H groups in total. The molecule has 0 spiro atoms.